The first kappa shape index (κ1) is 12.8. The summed E-state index contributed by atoms with van der Waals surface area (Å²) in [6.07, 6.45) is 5.61. The van der Waals surface area contributed by atoms with Crippen molar-refractivity contribution >= 4 is 5.91 Å². The number of carbonyl (C=O) groups excluding carboxylic acids is 1. The van der Waals surface area contributed by atoms with E-state index in [1.807, 2.05) is 6.92 Å². The largest absolute Gasteiger partial charge is 0.472 e. The van der Waals surface area contributed by atoms with Crippen molar-refractivity contribution in [3.8, 4) is 5.88 Å². The normalized spacial score (nSPS) is 23.7. The minimum absolute atomic E-state index is 0.00166. The molecule has 1 aliphatic rings. The molecule has 1 aliphatic carbocycles. The Balaban J connectivity index is 2.23. The number of nitrogens with two attached hydrogens (primary N) is 2. The van der Waals surface area contributed by atoms with Crippen LogP contribution in [0.4, 0.5) is 0 Å². The van der Waals surface area contributed by atoms with Gasteiger partial charge in [0.25, 0.3) is 5.91 Å². The number of pyridine rings is 1. The predicted octanol–water partition coefficient (Wildman–Crippen LogP) is 1.14. The quantitative estimate of drug-likeness (QED) is 0.840. The second-order valence-electron chi connectivity index (χ2n) is 4.78. The fourth-order valence-corrected chi connectivity index (χ4v) is 2.34. The van der Waals surface area contributed by atoms with Gasteiger partial charge in [0.05, 0.1) is 0 Å². The third-order valence-corrected chi connectivity index (χ3v) is 3.39. The highest BCUT2D eigenvalue weighted by Crippen LogP contribution is 2.25. The maximum Gasteiger partial charge on any atom is 0.254 e. The molecule has 2 unspecified atom stereocenters. The fourth-order valence-electron chi connectivity index (χ4n) is 2.34. The summed E-state index contributed by atoms with van der Waals surface area (Å²) in [6.45, 7) is 1.81. The van der Waals surface area contributed by atoms with Crippen LogP contribution in [0.25, 0.3) is 0 Å². The van der Waals surface area contributed by atoms with E-state index in [1.54, 1.807) is 12.3 Å². The lowest BCUT2D eigenvalue weighted by Crippen LogP contribution is -2.41. The molecule has 1 heterocycles. The van der Waals surface area contributed by atoms with E-state index in [0.29, 0.717) is 11.4 Å². The van der Waals surface area contributed by atoms with Crippen LogP contribution in [0.2, 0.25) is 0 Å². The van der Waals surface area contributed by atoms with Gasteiger partial charge in [-0.1, -0.05) is 6.42 Å². The molecule has 0 aliphatic heterocycles. The number of aryl methyl sites for hydroxylation is 1. The van der Waals surface area contributed by atoms with Crippen LogP contribution in [0.15, 0.2) is 12.3 Å². The fraction of sp³-hybridized carbons (Fsp3) is 0.538. The molecule has 1 amide bonds. The Hall–Kier alpha value is -1.62. The number of nitrogens with zero attached hydrogens (tertiary/aromatic N) is 1. The van der Waals surface area contributed by atoms with Crippen LogP contribution in [0.3, 0.4) is 0 Å². The van der Waals surface area contributed by atoms with Gasteiger partial charge < -0.3 is 16.2 Å². The summed E-state index contributed by atoms with van der Waals surface area (Å²) in [6, 6.07) is 1.75. The molecular formula is C13H19N3O2. The predicted molar refractivity (Wildman–Crippen MR) is 68.4 cm³/mol. The molecule has 0 bridgehead atoms. The molecule has 0 aromatic carbocycles. The van der Waals surface area contributed by atoms with Gasteiger partial charge in [0, 0.05) is 12.2 Å². The highest BCUT2D eigenvalue weighted by molar-refractivity contribution is 5.96. The smallest absolute Gasteiger partial charge is 0.254 e. The van der Waals surface area contributed by atoms with Gasteiger partial charge in [-0.2, -0.15) is 0 Å². The topological polar surface area (TPSA) is 91.2 Å². The molecule has 0 radical (unpaired) electrons. The van der Waals surface area contributed by atoms with Crippen LogP contribution < -0.4 is 16.2 Å². The Labute approximate surface area is 107 Å². The Kier molecular flexibility index (Phi) is 3.81. The van der Waals surface area contributed by atoms with Crippen LogP contribution in [0.1, 0.15) is 41.6 Å². The lowest BCUT2D eigenvalue weighted by atomic mass is 9.93. The molecule has 1 aromatic rings. The van der Waals surface area contributed by atoms with Gasteiger partial charge in [-0.15, -0.1) is 0 Å². The maximum absolute atomic E-state index is 11.4. The monoisotopic (exact) mass is 249 g/mol. The zero-order chi connectivity index (χ0) is 13.1. The summed E-state index contributed by atoms with van der Waals surface area (Å²) in [5, 5.41) is 0. The van der Waals surface area contributed by atoms with E-state index in [0.717, 1.165) is 31.2 Å². The zero-order valence-electron chi connectivity index (χ0n) is 10.6. The van der Waals surface area contributed by atoms with E-state index in [4.69, 9.17) is 16.2 Å². The molecule has 98 valence electrons. The summed E-state index contributed by atoms with van der Waals surface area (Å²) in [4.78, 5) is 15.5. The number of aromatic nitrogens is 1. The minimum Gasteiger partial charge on any atom is -0.472 e. The van der Waals surface area contributed by atoms with Gasteiger partial charge in [0.2, 0.25) is 5.88 Å². The number of ether oxygens (including phenoxy) is 1. The van der Waals surface area contributed by atoms with Gasteiger partial charge in [-0.05, 0) is 37.8 Å². The number of primary amides is 1. The third-order valence-electron chi connectivity index (χ3n) is 3.39. The molecule has 1 saturated carbocycles. The molecule has 1 aromatic heterocycles. The van der Waals surface area contributed by atoms with Crippen molar-refractivity contribution in [2.75, 3.05) is 0 Å². The van der Waals surface area contributed by atoms with Crippen LogP contribution in [-0.2, 0) is 0 Å². The molecule has 2 atom stereocenters. The molecule has 0 spiro atoms. The van der Waals surface area contributed by atoms with E-state index in [-0.39, 0.29) is 12.1 Å². The highest BCUT2D eigenvalue weighted by atomic mass is 16.5. The lowest BCUT2D eigenvalue weighted by Gasteiger charge is -2.29. The summed E-state index contributed by atoms with van der Waals surface area (Å²) in [7, 11) is 0. The third kappa shape index (κ3) is 2.61. The summed E-state index contributed by atoms with van der Waals surface area (Å²) >= 11 is 0. The van der Waals surface area contributed by atoms with Gasteiger partial charge in [0.1, 0.15) is 11.7 Å². The van der Waals surface area contributed by atoms with Crippen molar-refractivity contribution in [2.45, 2.75) is 44.8 Å². The number of hydrogen-bond acceptors (Lipinski definition) is 4. The maximum atomic E-state index is 11.4. The Morgan fingerprint density at radius 1 is 1.44 bits per heavy atom. The SMILES string of the molecule is Cc1ccnc(OC2CCCCC2N)c1C(N)=O. The zero-order valence-corrected chi connectivity index (χ0v) is 10.6. The van der Waals surface area contributed by atoms with Crippen molar-refractivity contribution in [1.29, 1.82) is 0 Å². The van der Waals surface area contributed by atoms with Crippen LogP contribution in [0.5, 0.6) is 5.88 Å². The second kappa shape index (κ2) is 5.35. The van der Waals surface area contributed by atoms with Crippen LogP contribution >= 0.6 is 0 Å². The number of amides is 1. The van der Waals surface area contributed by atoms with E-state index < -0.39 is 5.91 Å². The first-order valence-corrected chi connectivity index (χ1v) is 6.27. The Morgan fingerprint density at radius 2 is 2.17 bits per heavy atom. The van der Waals surface area contributed by atoms with Gasteiger partial charge in [0.15, 0.2) is 0 Å². The Bertz CT molecular complexity index is 448. The van der Waals surface area contributed by atoms with E-state index in [9.17, 15) is 4.79 Å². The standard InChI is InChI=1S/C13H19N3O2/c1-8-6-7-16-13(11(8)12(15)17)18-10-5-3-2-4-9(10)14/h6-7,9-10H,2-5,14H2,1H3,(H2,15,17). The Morgan fingerprint density at radius 3 is 2.83 bits per heavy atom. The van der Waals surface area contributed by atoms with Crippen molar-refractivity contribution in [3.05, 3.63) is 23.4 Å². The second-order valence-corrected chi connectivity index (χ2v) is 4.78. The minimum atomic E-state index is -0.514. The van der Waals surface area contributed by atoms with Gasteiger partial charge >= 0.3 is 0 Å². The van der Waals surface area contributed by atoms with Gasteiger partial charge in [-0.25, -0.2) is 4.98 Å². The lowest BCUT2D eigenvalue weighted by molar-refractivity contribution is 0.0974. The first-order chi connectivity index (χ1) is 8.59. The molecular weight excluding hydrogens is 230 g/mol. The molecule has 2 rings (SSSR count). The van der Waals surface area contributed by atoms with Crippen molar-refractivity contribution in [1.82, 2.24) is 4.98 Å². The first-order valence-electron chi connectivity index (χ1n) is 6.27. The summed E-state index contributed by atoms with van der Waals surface area (Å²) in [5.74, 6) is -0.204. The van der Waals surface area contributed by atoms with Crippen molar-refractivity contribution in [2.24, 2.45) is 11.5 Å². The molecule has 0 saturated heterocycles. The average Bonchev–Trinajstić information content (AvgIpc) is 2.31. The van der Waals surface area contributed by atoms with Crippen molar-refractivity contribution in [3.63, 3.8) is 0 Å². The molecule has 5 heteroatoms. The highest BCUT2D eigenvalue weighted by Gasteiger charge is 2.25. The molecule has 4 N–H and O–H groups in total. The van der Waals surface area contributed by atoms with Crippen LogP contribution in [-0.4, -0.2) is 23.0 Å². The number of rotatable bonds is 3. The molecule has 18 heavy (non-hydrogen) atoms. The van der Waals surface area contributed by atoms with Crippen LogP contribution in [0, 0.1) is 6.92 Å². The van der Waals surface area contributed by atoms with E-state index >= 15 is 0 Å². The van der Waals surface area contributed by atoms with Gasteiger partial charge in [-0.3, -0.25) is 4.79 Å². The van der Waals surface area contributed by atoms with E-state index in [1.165, 1.54) is 0 Å². The number of hydrogen-bond donors (Lipinski definition) is 2. The van der Waals surface area contributed by atoms with E-state index in [2.05, 4.69) is 4.98 Å². The average molecular weight is 249 g/mol. The summed E-state index contributed by atoms with van der Waals surface area (Å²) in [5.41, 5.74) is 12.5. The molecule has 1 fully saturated rings. The number of carbonyl (C=O) groups is 1. The van der Waals surface area contributed by atoms with Crippen molar-refractivity contribution < 1.29 is 9.53 Å². The summed E-state index contributed by atoms with van der Waals surface area (Å²) < 4.78 is 5.80. The molecule has 5 nitrogen and oxygen atoms in total.